The molecule has 7 nitrogen and oxygen atoms in total. The molecule has 158 valence electrons. The molecule has 2 aliphatic rings. The molecular formula is C23H27N3O4. The van der Waals surface area contributed by atoms with Crippen LogP contribution in [0, 0.1) is 5.92 Å². The summed E-state index contributed by atoms with van der Waals surface area (Å²) in [5.41, 5.74) is 1.46. The van der Waals surface area contributed by atoms with Gasteiger partial charge in [-0.1, -0.05) is 19.1 Å². The molecule has 1 aromatic heterocycles. The maximum absolute atomic E-state index is 12.5. The third-order valence-electron chi connectivity index (χ3n) is 5.77. The normalized spacial score (nSPS) is 20.6. The van der Waals surface area contributed by atoms with Gasteiger partial charge in [0, 0.05) is 44.0 Å². The number of furan rings is 1. The molecule has 0 bridgehead atoms. The van der Waals surface area contributed by atoms with E-state index >= 15 is 0 Å². The van der Waals surface area contributed by atoms with E-state index in [1.54, 1.807) is 17.0 Å². The first-order chi connectivity index (χ1) is 14.5. The smallest absolute Gasteiger partial charge is 0.254 e. The Hall–Kier alpha value is -3.09. The van der Waals surface area contributed by atoms with E-state index in [1.165, 1.54) is 6.42 Å². The minimum absolute atomic E-state index is 0.0350. The van der Waals surface area contributed by atoms with Crippen LogP contribution in [-0.2, 0) is 22.6 Å². The molecule has 1 saturated heterocycles. The number of nitrogens with one attached hydrogen (secondary N) is 2. The second kappa shape index (κ2) is 8.73. The molecule has 0 radical (unpaired) electrons. The maximum Gasteiger partial charge on any atom is 0.254 e. The van der Waals surface area contributed by atoms with Crippen molar-refractivity contribution in [3.8, 4) is 0 Å². The number of benzene rings is 1. The lowest BCUT2D eigenvalue weighted by molar-refractivity contribution is -0.123. The van der Waals surface area contributed by atoms with Crippen LogP contribution in [0.2, 0.25) is 0 Å². The van der Waals surface area contributed by atoms with Gasteiger partial charge in [0.2, 0.25) is 11.8 Å². The highest BCUT2D eigenvalue weighted by Crippen LogP contribution is 2.47. The molecule has 30 heavy (non-hydrogen) atoms. The van der Waals surface area contributed by atoms with Gasteiger partial charge in [0.1, 0.15) is 11.5 Å². The molecule has 0 spiro atoms. The van der Waals surface area contributed by atoms with Crippen LogP contribution in [0.15, 0.2) is 40.8 Å². The van der Waals surface area contributed by atoms with Crippen molar-refractivity contribution >= 4 is 17.7 Å². The molecule has 2 N–H and O–H groups in total. The summed E-state index contributed by atoms with van der Waals surface area (Å²) in [4.78, 5) is 37.6. The summed E-state index contributed by atoms with van der Waals surface area (Å²) >= 11 is 0. The van der Waals surface area contributed by atoms with Crippen LogP contribution in [0.4, 0.5) is 0 Å². The Morgan fingerprint density at radius 2 is 1.97 bits per heavy atom. The van der Waals surface area contributed by atoms with Crippen molar-refractivity contribution in [3.05, 3.63) is 59.0 Å². The van der Waals surface area contributed by atoms with E-state index in [0.717, 1.165) is 17.1 Å². The summed E-state index contributed by atoms with van der Waals surface area (Å²) in [6.45, 7) is 3.71. The molecule has 4 rings (SSSR count). The molecule has 1 aromatic carbocycles. The van der Waals surface area contributed by atoms with E-state index in [1.807, 2.05) is 24.3 Å². The molecule has 2 heterocycles. The van der Waals surface area contributed by atoms with E-state index in [4.69, 9.17) is 4.42 Å². The molecule has 2 aromatic rings. The Bertz CT molecular complexity index is 934. The Kier molecular flexibility index (Phi) is 5.88. The van der Waals surface area contributed by atoms with Crippen molar-refractivity contribution in [1.29, 1.82) is 0 Å². The second-order valence-electron chi connectivity index (χ2n) is 8.17. The van der Waals surface area contributed by atoms with Gasteiger partial charge in [0.05, 0.1) is 6.54 Å². The van der Waals surface area contributed by atoms with Gasteiger partial charge in [0.25, 0.3) is 5.91 Å². The first-order valence-corrected chi connectivity index (χ1v) is 10.5. The fourth-order valence-electron chi connectivity index (χ4n) is 3.73. The Labute approximate surface area is 175 Å². The number of aryl methyl sites for hydroxylation is 1. The zero-order valence-electron chi connectivity index (χ0n) is 17.1. The lowest BCUT2D eigenvalue weighted by atomic mass is 10.1. The largest absolute Gasteiger partial charge is 0.466 e. The first-order valence-electron chi connectivity index (χ1n) is 10.5. The van der Waals surface area contributed by atoms with Crippen molar-refractivity contribution < 1.29 is 18.8 Å². The van der Waals surface area contributed by atoms with E-state index < -0.39 is 0 Å². The summed E-state index contributed by atoms with van der Waals surface area (Å²) < 4.78 is 5.84. The first kappa shape index (κ1) is 20.2. The number of nitrogens with zero attached hydrogens (tertiary/aromatic N) is 1. The van der Waals surface area contributed by atoms with Crippen molar-refractivity contribution in [1.82, 2.24) is 15.5 Å². The second-order valence-corrected chi connectivity index (χ2v) is 8.17. The summed E-state index contributed by atoms with van der Waals surface area (Å²) in [6, 6.07) is 11.1. The van der Waals surface area contributed by atoms with Crippen molar-refractivity contribution in [2.45, 2.75) is 38.6 Å². The van der Waals surface area contributed by atoms with Crippen LogP contribution in [0.5, 0.6) is 0 Å². The molecule has 1 saturated carbocycles. The fraction of sp³-hybridized carbons (Fsp3) is 0.435. The van der Waals surface area contributed by atoms with Crippen LogP contribution in [0.25, 0.3) is 0 Å². The van der Waals surface area contributed by atoms with E-state index in [9.17, 15) is 14.4 Å². The lowest BCUT2D eigenvalue weighted by Gasteiger charge is -2.26. The van der Waals surface area contributed by atoms with Crippen LogP contribution in [-0.4, -0.2) is 42.3 Å². The van der Waals surface area contributed by atoms with Crippen LogP contribution < -0.4 is 10.6 Å². The molecule has 7 heteroatoms. The summed E-state index contributed by atoms with van der Waals surface area (Å²) in [5, 5.41) is 5.61. The zero-order chi connectivity index (χ0) is 21.1. The maximum atomic E-state index is 12.5. The molecule has 2 unspecified atom stereocenters. The standard InChI is InChI=1S/C23H27N3O4/c1-15-12-19(15)20-8-6-18(30-20)7-9-21(27)25-13-16-2-4-17(5-3-16)23(29)26-11-10-24-22(28)14-26/h2-6,8,15,19H,7,9-14H2,1H3,(H,24,28)(H,25,27). The Morgan fingerprint density at radius 1 is 1.20 bits per heavy atom. The van der Waals surface area contributed by atoms with Gasteiger partial charge in [-0.15, -0.1) is 0 Å². The molecular weight excluding hydrogens is 382 g/mol. The van der Waals surface area contributed by atoms with Gasteiger partial charge in [-0.3, -0.25) is 14.4 Å². The van der Waals surface area contributed by atoms with E-state index in [0.29, 0.717) is 49.9 Å². The molecule has 1 aliphatic heterocycles. The Morgan fingerprint density at radius 3 is 2.67 bits per heavy atom. The van der Waals surface area contributed by atoms with Gasteiger partial charge in [-0.25, -0.2) is 0 Å². The highest BCUT2D eigenvalue weighted by atomic mass is 16.3. The number of carbonyl (C=O) groups is 3. The highest BCUT2D eigenvalue weighted by Gasteiger charge is 2.36. The third-order valence-corrected chi connectivity index (χ3v) is 5.77. The summed E-state index contributed by atoms with van der Waals surface area (Å²) in [5.74, 6) is 2.82. The topological polar surface area (TPSA) is 91.7 Å². The number of amides is 3. The van der Waals surface area contributed by atoms with E-state index in [2.05, 4.69) is 17.6 Å². The number of piperazine rings is 1. The van der Waals surface area contributed by atoms with Crippen LogP contribution in [0.3, 0.4) is 0 Å². The molecule has 2 fully saturated rings. The van der Waals surface area contributed by atoms with Crippen LogP contribution >= 0.6 is 0 Å². The SMILES string of the molecule is CC1CC1c1ccc(CCC(=O)NCc2ccc(C(=O)N3CCNC(=O)C3)cc2)o1. The predicted octanol–water partition coefficient (Wildman–Crippen LogP) is 2.22. The Balaban J connectivity index is 1.21. The van der Waals surface area contributed by atoms with Gasteiger partial charge in [-0.05, 0) is 42.2 Å². The minimum atomic E-state index is -0.154. The third kappa shape index (κ3) is 4.90. The van der Waals surface area contributed by atoms with Gasteiger partial charge in [-0.2, -0.15) is 0 Å². The number of hydrogen-bond acceptors (Lipinski definition) is 4. The predicted molar refractivity (Wildman–Crippen MR) is 111 cm³/mol. The minimum Gasteiger partial charge on any atom is -0.466 e. The lowest BCUT2D eigenvalue weighted by Crippen LogP contribution is -2.49. The van der Waals surface area contributed by atoms with Gasteiger partial charge < -0.3 is 20.0 Å². The van der Waals surface area contributed by atoms with Crippen LogP contribution in [0.1, 0.15) is 53.1 Å². The zero-order valence-corrected chi connectivity index (χ0v) is 17.1. The number of hydrogen-bond donors (Lipinski definition) is 2. The molecule has 3 amide bonds. The van der Waals surface area contributed by atoms with E-state index in [-0.39, 0.29) is 24.3 Å². The quantitative estimate of drug-likeness (QED) is 0.734. The van der Waals surface area contributed by atoms with Crippen molar-refractivity contribution in [2.24, 2.45) is 5.92 Å². The number of rotatable bonds is 7. The average Bonchev–Trinajstić information content (AvgIpc) is 3.30. The monoisotopic (exact) mass is 409 g/mol. The van der Waals surface area contributed by atoms with Crippen molar-refractivity contribution in [3.63, 3.8) is 0 Å². The van der Waals surface area contributed by atoms with Gasteiger partial charge in [0.15, 0.2) is 0 Å². The molecule has 1 aliphatic carbocycles. The fourth-order valence-corrected chi connectivity index (χ4v) is 3.73. The van der Waals surface area contributed by atoms with Gasteiger partial charge >= 0.3 is 0 Å². The average molecular weight is 409 g/mol. The van der Waals surface area contributed by atoms with Crippen molar-refractivity contribution in [2.75, 3.05) is 19.6 Å². The number of carbonyl (C=O) groups excluding carboxylic acids is 3. The molecule has 2 atom stereocenters. The highest BCUT2D eigenvalue weighted by molar-refractivity contribution is 5.97. The summed E-state index contributed by atoms with van der Waals surface area (Å²) in [6.07, 6.45) is 2.15. The summed E-state index contributed by atoms with van der Waals surface area (Å²) in [7, 11) is 0.